The molecule has 0 spiro atoms. The van der Waals surface area contributed by atoms with Crippen molar-refractivity contribution in [3.05, 3.63) is 92.3 Å². The van der Waals surface area contributed by atoms with Gasteiger partial charge < -0.3 is 10.4 Å². The number of aliphatic hydroxyl groups is 1. The van der Waals surface area contributed by atoms with E-state index in [0.29, 0.717) is 17.7 Å². The van der Waals surface area contributed by atoms with E-state index in [2.05, 4.69) is 5.32 Å². The number of benzene rings is 2. The third kappa shape index (κ3) is 5.43. The minimum atomic E-state index is -4.33. The molecular formula is C20H17Cl2FN2O5S. The zero-order valence-electron chi connectivity index (χ0n) is 15.9. The van der Waals surface area contributed by atoms with E-state index in [9.17, 15) is 28.0 Å². The van der Waals surface area contributed by atoms with Crippen molar-refractivity contribution in [3.63, 3.8) is 0 Å². The largest absolute Gasteiger partial charge is 0.509 e. The lowest BCUT2D eigenvalue weighted by Gasteiger charge is -2.32. The van der Waals surface area contributed by atoms with Gasteiger partial charge in [-0.1, -0.05) is 12.1 Å². The fourth-order valence-corrected chi connectivity index (χ4v) is 4.66. The van der Waals surface area contributed by atoms with Crippen LogP contribution in [-0.2, 0) is 15.6 Å². The maximum atomic E-state index is 13.0. The first kappa shape index (κ1) is 23.2. The van der Waals surface area contributed by atoms with Gasteiger partial charge in [-0.15, -0.1) is 11.6 Å². The number of hydrogen-bond donors (Lipinski definition) is 2. The van der Waals surface area contributed by atoms with Gasteiger partial charge >= 0.3 is 0 Å². The van der Waals surface area contributed by atoms with Gasteiger partial charge in [0, 0.05) is 42.3 Å². The molecule has 0 aliphatic heterocycles. The van der Waals surface area contributed by atoms with Crippen LogP contribution >= 0.6 is 22.3 Å². The van der Waals surface area contributed by atoms with Crippen molar-refractivity contribution >= 4 is 42.6 Å². The van der Waals surface area contributed by atoms with Crippen LogP contribution in [0.2, 0.25) is 0 Å². The van der Waals surface area contributed by atoms with E-state index in [-0.39, 0.29) is 24.5 Å². The molecule has 0 saturated carbocycles. The highest BCUT2D eigenvalue weighted by atomic mass is 35.7. The monoisotopic (exact) mass is 486 g/mol. The molecule has 0 heterocycles. The Morgan fingerprint density at radius 2 is 1.77 bits per heavy atom. The van der Waals surface area contributed by atoms with E-state index in [1.165, 1.54) is 42.5 Å². The summed E-state index contributed by atoms with van der Waals surface area (Å²) in [6.07, 6.45) is 1.24. The van der Waals surface area contributed by atoms with Crippen molar-refractivity contribution in [2.75, 3.05) is 6.54 Å². The van der Waals surface area contributed by atoms with E-state index in [0.717, 1.165) is 5.56 Å². The van der Waals surface area contributed by atoms with Gasteiger partial charge in [0.25, 0.3) is 14.7 Å². The van der Waals surface area contributed by atoms with Crippen molar-refractivity contribution in [1.82, 2.24) is 5.32 Å². The highest BCUT2D eigenvalue weighted by Gasteiger charge is 2.41. The fraction of sp³-hybridized carbons (Fsp3) is 0.200. The molecule has 1 aliphatic carbocycles. The summed E-state index contributed by atoms with van der Waals surface area (Å²) in [7, 11) is 1.18. The number of nitro groups is 1. The normalized spacial score (nSPS) is 19.3. The molecule has 0 bridgehead atoms. The van der Waals surface area contributed by atoms with Gasteiger partial charge in [-0.25, -0.2) is 12.8 Å². The molecule has 0 amide bonds. The molecule has 2 N–H and O–H groups in total. The summed E-state index contributed by atoms with van der Waals surface area (Å²) < 4.78 is 37.1. The van der Waals surface area contributed by atoms with Crippen LogP contribution in [-0.4, -0.2) is 29.9 Å². The van der Waals surface area contributed by atoms with Crippen LogP contribution in [0.3, 0.4) is 0 Å². The zero-order chi connectivity index (χ0) is 22.8. The Hall–Kier alpha value is -2.46. The van der Waals surface area contributed by atoms with Gasteiger partial charge in [-0.2, -0.15) is 0 Å². The second kappa shape index (κ2) is 8.96. The fourth-order valence-electron chi connectivity index (χ4n) is 3.21. The van der Waals surface area contributed by atoms with Crippen LogP contribution in [0.5, 0.6) is 0 Å². The molecule has 0 radical (unpaired) electrons. The smallest absolute Gasteiger partial charge is 0.269 e. The molecule has 164 valence electrons. The number of aliphatic hydroxyl groups excluding tert-OH is 1. The average Bonchev–Trinajstić information content (AvgIpc) is 2.71. The summed E-state index contributed by atoms with van der Waals surface area (Å²) in [5.74, 6) is -0.971. The van der Waals surface area contributed by atoms with E-state index in [1.54, 1.807) is 12.1 Å². The Morgan fingerprint density at radius 1 is 1.16 bits per heavy atom. The number of hydrogen-bond acceptors (Lipinski definition) is 6. The molecule has 11 heteroatoms. The van der Waals surface area contributed by atoms with Gasteiger partial charge in [0.05, 0.1) is 4.92 Å². The molecule has 0 saturated heterocycles. The van der Waals surface area contributed by atoms with Gasteiger partial charge in [0.2, 0.25) is 0 Å². The lowest BCUT2D eigenvalue weighted by molar-refractivity contribution is -0.384. The van der Waals surface area contributed by atoms with Crippen LogP contribution in [0.25, 0.3) is 5.57 Å². The van der Waals surface area contributed by atoms with E-state index in [4.69, 9.17) is 22.3 Å². The maximum absolute atomic E-state index is 13.0. The lowest BCUT2D eigenvalue weighted by Crippen LogP contribution is -2.40. The molecule has 1 unspecified atom stereocenters. The SMILES string of the molecule is O=[N+]([O-])c1ccc(C2=CC(S(=O)(=O)Cl)=C(O)C(Cl)(CNCc3ccc(F)cc3)C2)cc1. The predicted molar refractivity (Wildman–Crippen MR) is 117 cm³/mol. The van der Waals surface area contributed by atoms with E-state index >= 15 is 0 Å². The number of nitrogens with zero attached hydrogens (tertiary/aromatic N) is 1. The van der Waals surface area contributed by atoms with Crippen molar-refractivity contribution in [2.24, 2.45) is 0 Å². The highest BCUT2D eigenvalue weighted by Crippen LogP contribution is 2.43. The molecule has 7 nitrogen and oxygen atoms in total. The summed E-state index contributed by atoms with van der Waals surface area (Å²) in [5, 5.41) is 24.5. The second-order valence-electron chi connectivity index (χ2n) is 7.00. The standard InChI is InChI=1S/C20H17Cl2FN2O5S/c21-20(12-24-11-13-1-5-16(23)6-2-13)10-15(9-18(19(20)26)31(22,29)30)14-3-7-17(8-4-14)25(27)28/h1-9,24,26H,10-12H2. The first-order valence-electron chi connectivity index (χ1n) is 8.97. The molecule has 2 aromatic rings. The van der Waals surface area contributed by atoms with Crippen molar-refractivity contribution in [2.45, 2.75) is 17.8 Å². The molecule has 2 aromatic carbocycles. The molecule has 0 fully saturated rings. The Bertz CT molecular complexity index is 1170. The highest BCUT2D eigenvalue weighted by molar-refractivity contribution is 8.17. The van der Waals surface area contributed by atoms with Crippen molar-refractivity contribution < 1.29 is 22.8 Å². The first-order valence-corrected chi connectivity index (χ1v) is 11.7. The first-order chi connectivity index (χ1) is 14.5. The Labute approximate surface area is 187 Å². The Balaban J connectivity index is 1.89. The van der Waals surface area contributed by atoms with E-state index < -0.39 is 29.5 Å². The average molecular weight is 487 g/mol. The summed E-state index contributed by atoms with van der Waals surface area (Å²) in [4.78, 5) is 8.25. The summed E-state index contributed by atoms with van der Waals surface area (Å²) in [5.41, 5.74) is 1.57. The van der Waals surface area contributed by atoms with Gasteiger partial charge in [-0.05, 0) is 47.0 Å². The van der Waals surface area contributed by atoms with Crippen LogP contribution in [0.4, 0.5) is 10.1 Å². The van der Waals surface area contributed by atoms with Crippen molar-refractivity contribution in [1.29, 1.82) is 0 Å². The van der Waals surface area contributed by atoms with Gasteiger partial charge in [0.1, 0.15) is 21.4 Å². The maximum Gasteiger partial charge on any atom is 0.269 e. The van der Waals surface area contributed by atoms with Crippen LogP contribution in [0, 0.1) is 15.9 Å². The number of non-ortho nitro benzene ring substituents is 1. The molecule has 1 atom stereocenters. The molecule has 3 rings (SSSR count). The number of nitrogens with one attached hydrogen (secondary N) is 1. The summed E-state index contributed by atoms with van der Waals surface area (Å²) in [6, 6.07) is 11.3. The Kier molecular flexibility index (Phi) is 6.70. The third-order valence-electron chi connectivity index (χ3n) is 4.79. The summed E-state index contributed by atoms with van der Waals surface area (Å²) >= 11 is 6.64. The molecule has 1 aliphatic rings. The molecule has 31 heavy (non-hydrogen) atoms. The third-order valence-corrected chi connectivity index (χ3v) is 6.57. The van der Waals surface area contributed by atoms with Gasteiger partial charge in [-0.3, -0.25) is 10.1 Å². The molecular weight excluding hydrogens is 470 g/mol. The zero-order valence-corrected chi connectivity index (χ0v) is 18.2. The summed E-state index contributed by atoms with van der Waals surface area (Å²) in [6.45, 7) is 0.263. The second-order valence-corrected chi connectivity index (χ2v) is 10.3. The van der Waals surface area contributed by atoms with Crippen molar-refractivity contribution in [3.8, 4) is 0 Å². The number of alkyl halides is 1. The number of nitro benzene ring substituents is 1. The van der Waals surface area contributed by atoms with Crippen LogP contribution in [0.15, 0.2) is 65.3 Å². The minimum Gasteiger partial charge on any atom is -0.509 e. The molecule has 0 aromatic heterocycles. The van der Waals surface area contributed by atoms with Crippen LogP contribution < -0.4 is 5.32 Å². The topological polar surface area (TPSA) is 110 Å². The van der Waals surface area contributed by atoms with Crippen LogP contribution in [0.1, 0.15) is 17.5 Å². The van der Waals surface area contributed by atoms with E-state index in [1.807, 2.05) is 0 Å². The predicted octanol–water partition coefficient (Wildman–Crippen LogP) is 4.63. The minimum absolute atomic E-state index is 0.0298. The number of rotatable bonds is 7. The van der Waals surface area contributed by atoms with Gasteiger partial charge in [0.15, 0.2) is 0 Å². The quantitative estimate of drug-likeness (QED) is 0.255. The Morgan fingerprint density at radius 3 is 2.32 bits per heavy atom. The number of allylic oxidation sites excluding steroid dienone is 2. The number of halogens is 3. The lowest BCUT2D eigenvalue weighted by atomic mass is 9.87.